The zero-order chi connectivity index (χ0) is 25.4. The molecule has 2 aromatic carbocycles. The van der Waals surface area contributed by atoms with E-state index in [1.165, 1.54) is 9.36 Å². The Kier molecular flexibility index (Phi) is 8.66. The molecule has 0 atom stereocenters. The fourth-order valence-electron chi connectivity index (χ4n) is 3.13. The molecule has 0 bridgehead atoms. The molecule has 3 aromatic rings. The van der Waals surface area contributed by atoms with Gasteiger partial charge in [-0.25, -0.2) is 4.79 Å². The number of aromatic nitrogens is 4. The number of oxime groups is 1. The number of nitrogens with zero attached hydrogens (tertiary/aromatic N) is 7. The van der Waals surface area contributed by atoms with Gasteiger partial charge in [0.05, 0.1) is 17.1 Å². The molecule has 10 heteroatoms. The summed E-state index contributed by atoms with van der Waals surface area (Å²) in [5, 5.41) is 20.4. The maximum absolute atomic E-state index is 12.3. The van der Waals surface area contributed by atoms with Crippen LogP contribution in [0.4, 0.5) is 0 Å². The maximum Gasteiger partial charge on any atom is 0.368 e. The molecule has 10 nitrogen and oxygen atoms in total. The lowest BCUT2D eigenvalue weighted by Gasteiger charge is -2.13. The molecular formula is C25H31N7O3. The number of tetrazole rings is 1. The molecule has 0 saturated heterocycles. The second-order valence-corrected chi connectivity index (χ2v) is 8.07. The molecule has 1 heterocycles. The van der Waals surface area contributed by atoms with Gasteiger partial charge in [-0.05, 0) is 60.9 Å². The van der Waals surface area contributed by atoms with E-state index in [1.807, 2.05) is 77.1 Å². The SMILES string of the molecule is CCC(=NN=C(C)C(C)=NOCc1ccccc1C)OCc1c(C)cccc1-n1nnn(C)c1=O. The van der Waals surface area contributed by atoms with E-state index in [9.17, 15) is 4.79 Å². The van der Waals surface area contributed by atoms with E-state index in [2.05, 4.69) is 25.8 Å². The van der Waals surface area contributed by atoms with Crippen molar-refractivity contribution in [2.45, 2.75) is 54.3 Å². The lowest BCUT2D eigenvalue weighted by molar-refractivity contribution is 0.130. The van der Waals surface area contributed by atoms with Gasteiger partial charge in [0.25, 0.3) is 0 Å². The first-order valence-electron chi connectivity index (χ1n) is 11.3. The largest absolute Gasteiger partial charge is 0.475 e. The third-order valence-corrected chi connectivity index (χ3v) is 5.54. The predicted molar refractivity (Wildman–Crippen MR) is 136 cm³/mol. The molecule has 35 heavy (non-hydrogen) atoms. The van der Waals surface area contributed by atoms with Crippen molar-refractivity contribution < 1.29 is 9.57 Å². The first kappa shape index (κ1) is 25.5. The van der Waals surface area contributed by atoms with Crippen LogP contribution in [0.15, 0.2) is 62.6 Å². The molecule has 0 saturated carbocycles. The van der Waals surface area contributed by atoms with Gasteiger partial charge in [-0.1, -0.05) is 48.5 Å². The van der Waals surface area contributed by atoms with E-state index in [0.29, 0.717) is 36.0 Å². The fourth-order valence-corrected chi connectivity index (χ4v) is 3.13. The van der Waals surface area contributed by atoms with Gasteiger partial charge in [0, 0.05) is 19.0 Å². The number of rotatable bonds is 9. The van der Waals surface area contributed by atoms with Crippen molar-refractivity contribution >= 4 is 17.3 Å². The zero-order valence-corrected chi connectivity index (χ0v) is 21.0. The van der Waals surface area contributed by atoms with Crippen molar-refractivity contribution in [3.63, 3.8) is 0 Å². The van der Waals surface area contributed by atoms with Gasteiger partial charge in [-0.15, -0.1) is 5.10 Å². The number of hydrogen-bond donors (Lipinski definition) is 0. The summed E-state index contributed by atoms with van der Waals surface area (Å²) in [6.07, 6.45) is 0.545. The van der Waals surface area contributed by atoms with Gasteiger partial charge in [-0.3, -0.25) is 0 Å². The summed E-state index contributed by atoms with van der Waals surface area (Å²) in [6, 6.07) is 13.6. The monoisotopic (exact) mass is 477 g/mol. The summed E-state index contributed by atoms with van der Waals surface area (Å²) >= 11 is 0. The average Bonchev–Trinajstić information content (AvgIpc) is 3.18. The summed E-state index contributed by atoms with van der Waals surface area (Å²) in [7, 11) is 1.55. The van der Waals surface area contributed by atoms with Crippen LogP contribution in [0.2, 0.25) is 0 Å². The first-order valence-corrected chi connectivity index (χ1v) is 11.3. The van der Waals surface area contributed by atoms with E-state index < -0.39 is 0 Å². The highest BCUT2D eigenvalue weighted by Crippen LogP contribution is 2.18. The van der Waals surface area contributed by atoms with Crippen LogP contribution in [-0.4, -0.2) is 37.1 Å². The molecule has 0 aliphatic carbocycles. The zero-order valence-electron chi connectivity index (χ0n) is 21.0. The van der Waals surface area contributed by atoms with E-state index in [4.69, 9.17) is 9.57 Å². The molecule has 1 aromatic heterocycles. The second kappa shape index (κ2) is 11.9. The van der Waals surface area contributed by atoms with Crippen LogP contribution in [0.25, 0.3) is 5.69 Å². The Hall–Kier alpha value is -4.08. The molecule has 184 valence electrons. The average molecular weight is 478 g/mol. The van der Waals surface area contributed by atoms with E-state index in [1.54, 1.807) is 7.05 Å². The van der Waals surface area contributed by atoms with Gasteiger partial charge in [0.1, 0.15) is 13.2 Å². The minimum Gasteiger partial charge on any atom is -0.475 e. The van der Waals surface area contributed by atoms with E-state index in [0.717, 1.165) is 22.3 Å². The molecule has 0 unspecified atom stereocenters. The van der Waals surface area contributed by atoms with Gasteiger partial charge in [0.15, 0.2) is 0 Å². The number of aryl methyl sites for hydroxylation is 3. The topological polar surface area (TPSA) is 108 Å². The molecule has 0 amide bonds. The Morgan fingerprint density at radius 3 is 2.37 bits per heavy atom. The molecule has 3 rings (SSSR count). The van der Waals surface area contributed by atoms with Crippen LogP contribution in [0, 0.1) is 13.8 Å². The Morgan fingerprint density at radius 2 is 1.69 bits per heavy atom. The fraction of sp³-hybridized carbons (Fsp3) is 0.360. The van der Waals surface area contributed by atoms with Crippen LogP contribution in [0.5, 0.6) is 0 Å². The highest BCUT2D eigenvalue weighted by atomic mass is 16.6. The Bertz CT molecular complexity index is 1320. The van der Waals surface area contributed by atoms with Crippen LogP contribution in [-0.2, 0) is 29.8 Å². The Labute approximate surface area is 204 Å². The van der Waals surface area contributed by atoms with Gasteiger partial charge < -0.3 is 9.57 Å². The smallest absolute Gasteiger partial charge is 0.368 e. The molecule has 0 N–H and O–H groups in total. The Morgan fingerprint density at radius 1 is 0.943 bits per heavy atom. The molecule has 0 aliphatic rings. The molecule has 0 aliphatic heterocycles. The standard InChI is InChI=1S/C25H31N7O3/c1-7-24(27-26-19(4)20(5)28-35-15-21-13-9-8-11-17(21)2)34-16-22-18(3)12-10-14-23(22)32-25(33)31(6)29-30-32/h8-14H,7,15-16H2,1-6H3. The Balaban J connectivity index is 1.69. The van der Waals surface area contributed by atoms with Gasteiger partial charge >= 0.3 is 5.69 Å². The molecule has 0 fully saturated rings. The highest BCUT2D eigenvalue weighted by molar-refractivity contribution is 6.40. The van der Waals surface area contributed by atoms with Crippen molar-refractivity contribution in [2.24, 2.45) is 22.4 Å². The third-order valence-electron chi connectivity index (χ3n) is 5.54. The van der Waals surface area contributed by atoms with Crippen molar-refractivity contribution in [1.82, 2.24) is 19.8 Å². The summed E-state index contributed by atoms with van der Waals surface area (Å²) < 4.78 is 8.39. The van der Waals surface area contributed by atoms with Crippen molar-refractivity contribution in [3.8, 4) is 5.69 Å². The van der Waals surface area contributed by atoms with E-state index >= 15 is 0 Å². The molecule has 0 spiro atoms. The minimum atomic E-state index is -0.333. The second-order valence-electron chi connectivity index (χ2n) is 8.07. The lowest BCUT2D eigenvalue weighted by Crippen LogP contribution is -2.23. The van der Waals surface area contributed by atoms with Crippen LogP contribution < -0.4 is 5.69 Å². The van der Waals surface area contributed by atoms with Crippen LogP contribution in [0.3, 0.4) is 0 Å². The molecule has 0 radical (unpaired) electrons. The van der Waals surface area contributed by atoms with Crippen LogP contribution >= 0.6 is 0 Å². The number of hydrogen-bond acceptors (Lipinski definition) is 8. The number of benzene rings is 2. The van der Waals surface area contributed by atoms with Crippen molar-refractivity contribution in [1.29, 1.82) is 0 Å². The third kappa shape index (κ3) is 6.50. The predicted octanol–water partition coefficient (Wildman–Crippen LogP) is 3.88. The number of ether oxygens (including phenoxy) is 1. The quantitative estimate of drug-likeness (QED) is 0.264. The lowest BCUT2D eigenvalue weighted by atomic mass is 10.1. The van der Waals surface area contributed by atoms with E-state index in [-0.39, 0.29) is 12.3 Å². The van der Waals surface area contributed by atoms with Crippen molar-refractivity contribution in [2.75, 3.05) is 0 Å². The highest BCUT2D eigenvalue weighted by Gasteiger charge is 2.14. The molecular weight excluding hydrogens is 446 g/mol. The van der Waals surface area contributed by atoms with Crippen LogP contribution in [0.1, 0.15) is 49.4 Å². The normalized spacial score (nSPS) is 12.7. The van der Waals surface area contributed by atoms with Gasteiger partial charge in [0.2, 0.25) is 5.90 Å². The summed E-state index contributed by atoms with van der Waals surface area (Å²) in [5.74, 6) is 0.457. The summed E-state index contributed by atoms with van der Waals surface area (Å²) in [4.78, 5) is 17.8. The summed E-state index contributed by atoms with van der Waals surface area (Å²) in [5.41, 5.74) is 5.54. The summed E-state index contributed by atoms with van der Waals surface area (Å²) in [6.45, 7) is 10.1. The minimum absolute atomic E-state index is 0.207. The maximum atomic E-state index is 12.3. The van der Waals surface area contributed by atoms with Crippen molar-refractivity contribution in [3.05, 3.63) is 75.2 Å². The van der Waals surface area contributed by atoms with Gasteiger partial charge in [-0.2, -0.15) is 14.5 Å². The first-order chi connectivity index (χ1) is 16.8.